The number of unbranched alkanes of at least 4 members (excludes halogenated alkanes) is 2. The van der Waals surface area contributed by atoms with Crippen LogP contribution in [0.25, 0.3) is 0 Å². The highest BCUT2D eigenvalue weighted by Crippen LogP contribution is 2.11. The Hall–Kier alpha value is -3.30. The van der Waals surface area contributed by atoms with Gasteiger partial charge in [-0.3, -0.25) is 28.8 Å². The van der Waals surface area contributed by atoms with Crippen LogP contribution in [-0.2, 0) is 28.8 Å². The molecule has 5 atom stereocenters. The summed E-state index contributed by atoms with van der Waals surface area (Å²) in [6, 6.07) is -4.87. The van der Waals surface area contributed by atoms with Crippen LogP contribution in [0.1, 0.15) is 86.0 Å². The molecule has 0 aliphatic heterocycles. The number of carboxylic acids is 1. The highest BCUT2D eigenvalue weighted by Gasteiger charge is 2.31. The van der Waals surface area contributed by atoms with Crippen LogP contribution < -0.4 is 43.8 Å². The molecule has 0 aromatic heterocycles. The maximum atomic E-state index is 13.5. The number of carboxylic acid groups (broad SMARTS) is 1. The summed E-state index contributed by atoms with van der Waals surface area (Å²) in [5.41, 5.74) is 17.2. The normalized spacial score (nSPS) is 14.6. The fourth-order valence-corrected chi connectivity index (χ4v) is 4.33. The van der Waals surface area contributed by atoms with Gasteiger partial charge >= 0.3 is 5.97 Å². The Labute approximate surface area is 260 Å². The van der Waals surface area contributed by atoms with E-state index in [9.17, 15) is 28.8 Å². The van der Waals surface area contributed by atoms with E-state index in [2.05, 4.69) is 26.6 Å². The number of hydrogen-bond acceptors (Lipinski definition) is 9. The summed E-state index contributed by atoms with van der Waals surface area (Å²) in [7, 11) is 0. The molecule has 0 rings (SSSR count). The molecular weight excluding hydrogens is 572 g/mol. The molecule has 0 unspecified atom stereocenters. The lowest BCUT2D eigenvalue weighted by Gasteiger charge is -2.27. The first-order chi connectivity index (χ1) is 20.6. The van der Waals surface area contributed by atoms with Crippen molar-refractivity contribution in [3.8, 4) is 0 Å². The average Bonchev–Trinajstić information content (AvgIpc) is 2.93. The summed E-state index contributed by atoms with van der Waals surface area (Å²) in [6.45, 7) is 9.17. The molecule has 0 heterocycles. The number of nitrogens with one attached hydrogen (secondary N) is 5. The minimum Gasteiger partial charge on any atom is -0.480 e. The summed E-state index contributed by atoms with van der Waals surface area (Å²) >= 11 is 0. The van der Waals surface area contributed by atoms with Crippen molar-refractivity contribution in [1.82, 2.24) is 26.6 Å². The SMILES string of the molecule is CC(C)C[C@H](NC(=O)[C@H](CC(C)C)NC(=O)[C@H](CCCCN)NC(=O)[C@@H](N)CCCCN)C(=O)N[C@@H](C)C(=O)NCC(=O)O. The van der Waals surface area contributed by atoms with E-state index in [-0.39, 0.29) is 24.7 Å². The van der Waals surface area contributed by atoms with Crippen molar-refractivity contribution in [3.63, 3.8) is 0 Å². The summed E-state index contributed by atoms with van der Waals surface area (Å²) < 4.78 is 0. The Bertz CT molecular complexity index is 931. The Morgan fingerprint density at radius 2 is 1.02 bits per heavy atom. The fraction of sp³-hybridized carbons (Fsp3) is 0.793. The van der Waals surface area contributed by atoms with E-state index in [1.807, 2.05) is 27.7 Å². The lowest BCUT2D eigenvalue weighted by atomic mass is 9.99. The molecule has 0 aromatic carbocycles. The van der Waals surface area contributed by atoms with E-state index >= 15 is 0 Å². The van der Waals surface area contributed by atoms with Crippen LogP contribution in [-0.4, -0.2) is 90.5 Å². The maximum Gasteiger partial charge on any atom is 0.322 e. The van der Waals surface area contributed by atoms with Gasteiger partial charge in [0.25, 0.3) is 0 Å². The predicted molar refractivity (Wildman–Crippen MR) is 167 cm³/mol. The lowest BCUT2D eigenvalue weighted by Crippen LogP contribution is -2.59. The molecule has 44 heavy (non-hydrogen) atoms. The van der Waals surface area contributed by atoms with Crippen LogP contribution in [0.3, 0.4) is 0 Å². The molecule has 0 aliphatic carbocycles. The number of nitrogens with two attached hydrogens (primary N) is 3. The first-order valence-electron chi connectivity index (χ1n) is 15.5. The number of rotatable bonds is 23. The van der Waals surface area contributed by atoms with Crippen molar-refractivity contribution in [3.05, 3.63) is 0 Å². The van der Waals surface area contributed by atoms with Gasteiger partial charge in [0.05, 0.1) is 6.04 Å². The predicted octanol–water partition coefficient (Wildman–Crippen LogP) is -1.18. The number of aliphatic carboxylic acids is 1. The van der Waals surface area contributed by atoms with Crippen molar-refractivity contribution in [2.45, 2.75) is 116 Å². The van der Waals surface area contributed by atoms with Gasteiger partial charge in [-0.05, 0) is 76.8 Å². The average molecular weight is 629 g/mol. The molecule has 0 saturated heterocycles. The zero-order chi connectivity index (χ0) is 33.8. The van der Waals surface area contributed by atoms with Crippen molar-refractivity contribution in [2.75, 3.05) is 19.6 Å². The standard InChI is InChI=1S/C29H56N8O7/c1-17(2)14-22(28(43)34-19(5)25(40)33-16-24(38)39)37-29(44)23(15-18(3)4)36-27(42)21(11-7-9-13-31)35-26(41)20(32)10-6-8-12-30/h17-23H,6-16,30-32H2,1-5H3,(H,33,40)(H,34,43)(H,35,41)(H,36,42)(H,37,44)(H,38,39)/t19-,20-,21-,22-,23-/m0/s1. The van der Waals surface area contributed by atoms with Crippen molar-refractivity contribution < 1.29 is 33.9 Å². The monoisotopic (exact) mass is 628 g/mol. The molecule has 0 bridgehead atoms. The molecule has 0 spiro atoms. The number of carbonyl (C=O) groups excluding carboxylic acids is 5. The van der Waals surface area contributed by atoms with Crippen LogP contribution in [0.4, 0.5) is 0 Å². The smallest absolute Gasteiger partial charge is 0.322 e. The Balaban J connectivity index is 5.73. The molecule has 0 aliphatic rings. The van der Waals surface area contributed by atoms with Gasteiger partial charge in [0.15, 0.2) is 0 Å². The third-order valence-corrected chi connectivity index (χ3v) is 6.73. The lowest BCUT2D eigenvalue weighted by molar-refractivity contribution is -0.138. The number of amides is 5. The minimum atomic E-state index is -1.23. The molecule has 15 heteroatoms. The topological polar surface area (TPSA) is 261 Å². The molecular formula is C29H56N8O7. The van der Waals surface area contributed by atoms with Gasteiger partial charge in [0, 0.05) is 0 Å². The first-order valence-corrected chi connectivity index (χ1v) is 15.5. The van der Waals surface area contributed by atoms with Crippen LogP contribution in [0.5, 0.6) is 0 Å². The molecule has 0 radical (unpaired) electrons. The van der Waals surface area contributed by atoms with E-state index in [4.69, 9.17) is 22.3 Å². The number of hydrogen-bond donors (Lipinski definition) is 9. The van der Waals surface area contributed by atoms with E-state index < -0.39 is 72.3 Å². The molecule has 0 aromatic rings. The highest BCUT2D eigenvalue weighted by atomic mass is 16.4. The third kappa shape index (κ3) is 17.7. The van der Waals surface area contributed by atoms with Gasteiger partial charge < -0.3 is 48.9 Å². The molecule has 0 fully saturated rings. The van der Waals surface area contributed by atoms with Gasteiger partial charge in [-0.15, -0.1) is 0 Å². The molecule has 12 N–H and O–H groups in total. The molecule has 5 amide bonds. The summed E-state index contributed by atoms with van der Waals surface area (Å²) in [6.07, 6.45) is 3.79. The zero-order valence-electron chi connectivity index (χ0n) is 26.9. The van der Waals surface area contributed by atoms with E-state index in [1.54, 1.807) is 0 Å². The van der Waals surface area contributed by atoms with Gasteiger partial charge in [0.2, 0.25) is 29.5 Å². The van der Waals surface area contributed by atoms with E-state index in [0.29, 0.717) is 45.2 Å². The second kappa shape index (κ2) is 22.2. The summed E-state index contributed by atoms with van der Waals surface area (Å²) in [5, 5.41) is 21.6. The van der Waals surface area contributed by atoms with Gasteiger partial charge in [0.1, 0.15) is 30.7 Å². The van der Waals surface area contributed by atoms with Gasteiger partial charge in [-0.2, -0.15) is 0 Å². The van der Waals surface area contributed by atoms with Crippen LogP contribution in [0.15, 0.2) is 0 Å². The molecule has 0 saturated carbocycles. The van der Waals surface area contributed by atoms with Crippen molar-refractivity contribution in [2.24, 2.45) is 29.0 Å². The number of carbonyl (C=O) groups is 6. The zero-order valence-corrected chi connectivity index (χ0v) is 26.9. The van der Waals surface area contributed by atoms with Crippen LogP contribution >= 0.6 is 0 Å². The third-order valence-electron chi connectivity index (χ3n) is 6.73. The second-order valence-corrected chi connectivity index (χ2v) is 12.0. The quantitative estimate of drug-likeness (QED) is 0.0612. The highest BCUT2D eigenvalue weighted by molar-refractivity contribution is 5.96. The van der Waals surface area contributed by atoms with Gasteiger partial charge in [-0.25, -0.2) is 0 Å². The first kappa shape index (κ1) is 40.7. The Kier molecular flexibility index (Phi) is 20.6. The van der Waals surface area contributed by atoms with Crippen LogP contribution in [0.2, 0.25) is 0 Å². The largest absolute Gasteiger partial charge is 0.480 e. The van der Waals surface area contributed by atoms with Crippen molar-refractivity contribution >= 4 is 35.5 Å². The van der Waals surface area contributed by atoms with E-state index in [1.165, 1.54) is 6.92 Å². The fourth-order valence-electron chi connectivity index (χ4n) is 4.33. The molecule has 254 valence electrons. The van der Waals surface area contributed by atoms with Crippen molar-refractivity contribution in [1.29, 1.82) is 0 Å². The minimum absolute atomic E-state index is 0.0115. The maximum absolute atomic E-state index is 13.5. The van der Waals surface area contributed by atoms with E-state index in [0.717, 1.165) is 6.42 Å². The summed E-state index contributed by atoms with van der Waals surface area (Å²) in [4.78, 5) is 75.7. The van der Waals surface area contributed by atoms with Gasteiger partial charge in [-0.1, -0.05) is 34.1 Å². The second-order valence-electron chi connectivity index (χ2n) is 12.0. The summed E-state index contributed by atoms with van der Waals surface area (Å²) in [5.74, 6) is -4.21. The van der Waals surface area contributed by atoms with Crippen LogP contribution in [0, 0.1) is 11.8 Å². The molecule has 15 nitrogen and oxygen atoms in total. The Morgan fingerprint density at radius 3 is 1.48 bits per heavy atom. The Morgan fingerprint density at radius 1 is 0.591 bits per heavy atom.